The van der Waals surface area contributed by atoms with Crippen molar-refractivity contribution in [3.05, 3.63) is 90.7 Å². The molecule has 0 saturated heterocycles. The van der Waals surface area contributed by atoms with Crippen molar-refractivity contribution in [3.8, 4) is 22.6 Å². The van der Waals surface area contributed by atoms with E-state index in [4.69, 9.17) is 4.42 Å². The smallest absolute Gasteiger partial charge is 0.116 e. The first-order valence-corrected chi connectivity index (χ1v) is 9.11. The number of nitrogens with one attached hydrogen (secondary N) is 2. The molecule has 5 aromatic rings. The summed E-state index contributed by atoms with van der Waals surface area (Å²) in [5, 5.41) is 8.73. The molecule has 28 heavy (non-hydrogen) atoms. The van der Waals surface area contributed by atoms with E-state index in [1.807, 2.05) is 49.6 Å². The summed E-state index contributed by atoms with van der Waals surface area (Å²) in [5.74, 6) is 0. The fourth-order valence-corrected chi connectivity index (χ4v) is 3.52. The van der Waals surface area contributed by atoms with Gasteiger partial charge in [-0.1, -0.05) is 18.2 Å². The van der Waals surface area contributed by atoms with E-state index in [0.29, 0.717) is 0 Å². The Balaban J connectivity index is 1.58. The molecule has 0 radical (unpaired) electrons. The Morgan fingerprint density at radius 3 is 2.82 bits per heavy atom. The number of pyridine rings is 1. The molecule has 5 heteroatoms. The van der Waals surface area contributed by atoms with Crippen LogP contribution in [-0.2, 0) is 0 Å². The lowest BCUT2D eigenvalue weighted by Gasteiger charge is -2.01. The normalized spacial score (nSPS) is 12.0. The summed E-state index contributed by atoms with van der Waals surface area (Å²) in [6.45, 7) is 2.03. The molecule has 4 heterocycles. The Morgan fingerprint density at radius 2 is 2.04 bits per heavy atom. The number of nitrogens with zero attached hydrogens (tertiary/aromatic N) is 2. The van der Waals surface area contributed by atoms with Crippen molar-refractivity contribution >= 4 is 16.5 Å². The lowest BCUT2D eigenvalue weighted by molar-refractivity contribution is 0.566. The molecular formula is C23H18N4O. The van der Waals surface area contributed by atoms with Gasteiger partial charge < -0.3 is 9.40 Å². The molecule has 5 rings (SSSR count). The van der Waals surface area contributed by atoms with Crippen LogP contribution in [0.5, 0.6) is 0 Å². The molecule has 0 aliphatic carbocycles. The number of allylic oxidation sites excluding steroid dienone is 1. The highest BCUT2D eigenvalue weighted by Gasteiger charge is 2.14. The first-order valence-electron chi connectivity index (χ1n) is 9.11. The zero-order valence-corrected chi connectivity index (χ0v) is 15.3. The predicted octanol–water partition coefficient (Wildman–Crippen LogP) is 5.66. The van der Waals surface area contributed by atoms with Crippen molar-refractivity contribution in [2.45, 2.75) is 6.92 Å². The molecule has 1 aromatic carbocycles. The van der Waals surface area contributed by atoms with Gasteiger partial charge in [-0.2, -0.15) is 5.10 Å². The quantitative estimate of drug-likeness (QED) is 0.431. The Labute approximate surface area is 161 Å². The van der Waals surface area contributed by atoms with E-state index in [0.717, 1.165) is 50.2 Å². The standard InChI is InChI=1S/C23H18N4O/c1-2-18(16-8-10-28-14-16)17-12-22(25-13-17)23-19-11-15(6-7-21(19)26-27-23)20-5-3-4-9-24-20/h2-14,25H,1H3,(H,26,27)/b18-2-. The molecule has 0 fully saturated rings. The Bertz CT molecular complexity index is 1260. The topological polar surface area (TPSA) is 70.5 Å². The van der Waals surface area contributed by atoms with Crippen LogP contribution in [0.25, 0.3) is 39.1 Å². The SMILES string of the molecule is C/C=C(/c1ccoc1)c1c[nH]c(-c2n[nH]c3ccc(-c4ccccn4)cc23)c1. The summed E-state index contributed by atoms with van der Waals surface area (Å²) in [5.41, 5.74) is 8.12. The zero-order valence-electron chi connectivity index (χ0n) is 15.3. The highest BCUT2D eigenvalue weighted by atomic mass is 16.3. The van der Waals surface area contributed by atoms with E-state index in [2.05, 4.69) is 44.4 Å². The third-order valence-electron chi connectivity index (χ3n) is 4.89. The van der Waals surface area contributed by atoms with Crippen LogP contribution in [-0.4, -0.2) is 20.2 Å². The minimum atomic E-state index is 0.890. The number of aromatic amines is 2. The van der Waals surface area contributed by atoms with Gasteiger partial charge in [0.1, 0.15) is 5.69 Å². The van der Waals surface area contributed by atoms with Crippen LogP contribution in [0.2, 0.25) is 0 Å². The summed E-state index contributed by atoms with van der Waals surface area (Å²) in [6.07, 6.45) is 9.33. The van der Waals surface area contributed by atoms with Crippen LogP contribution in [0.4, 0.5) is 0 Å². The highest BCUT2D eigenvalue weighted by Crippen LogP contribution is 2.32. The Hall–Kier alpha value is -3.86. The number of H-pyrrole nitrogens is 2. The maximum atomic E-state index is 5.24. The molecule has 0 aliphatic rings. The van der Waals surface area contributed by atoms with Crippen molar-refractivity contribution in [1.29, 1.82) is 0 Å². The van der Waals surface area contributed by atoms with E-state index < -0.39 is 0 Å². The molecule has 0 saturated carbocycles. The highest BCUT2D eigenvalue weighted by molar-refractivity contribution is 5.95. The van der Waals surface area contributed by atoms with E-state index in [-0.39, 0.29) is 0 Å². The Morgan fingerprint density at radius 1 is 1.07 bits per heavy atom. The van der Waals surface area contributed by atoms with Gasteiger partial charge in [-0.15, -0.1) is 0 Å². The van der Waals surface area contributed by atoms with Crippen molar-refractivity contribution in [2.24, 2.45) is 0 Å². The molecule has 5 nitrogen and oxygen atoms in total. The molecule has 0 unspecified atom stereocenters. The minimum absolute atomic E-state index is 0.890. The van der Waals surface area contributed by atoms with E-state index in [9.17, 15) is 0 Å². The number of hydrogen-bond acceptors (Lipinski definition) is 3. The monoisotopic (exact) mass is 366 g/mol. The van der Waals surface area contributed by atoms with Gasteiger partial charge in [0, 0.05) is 34.5 Å². The molecule has 0 aliphatic heterocycles. The fraction of sp³-hybridized carbons (Fsp3) is 0.0435. The minimum Gasteiger partial charge on any atom is -0.472 e. The second-order valence-corrected chi connectivity index (χ2v) is 6.56. The first kappa shape index (κ1) is 16.3. The van der Waals surface area contributed by atoms with Crippen LogP contribution < -0.4 is 0 Å². The van der Waals surface area contributed by atoms with E-state index >= 15 is 0 Å². The number of fused-ring (bicyclic) bond motifs is 1. The van der Waals surface area contributed by atoms with Gasteiger partial charge in [-0.3, -0.25) is 10.1 Å². The molecule has 0 atom stereocenters. The van der Waals surface area contributed by atoms with Gasteiger partial charge in [-0.05, 0) is 48.9 Å². The third kappa shape index (κ3) is 2.74. The second-order valence-electron chi connectivity index (χ2n) is 6.56. The van der Waals surface area contributed by atoms with Crippen LogP contribution in [0, 0.1) is 0 Å². The summed E-state index contributed by atoms with van der Waals surface area (Å²) in [6, 6.07) is 16.2. The van der Waals surface area contributed by atoms with Crippen molar-refractivity contribution in [2.75, 3.05) is 0 Å². The molecule has 2 N–H and O–H groups in total. The number of benzene rings is 1. The predicted molar refractivity (Wildman–Crippen MR) is 111 cm³/mol. The van der Waals surface area contributed by atoms with Gasteiger partial charge in [0.05, 0.1) is 29.4 Å². The molecule has 0 amide bonds. The maximum absolute atomic E-state index is 5.24. The molecule has 4 aromatic heterocycles. The van der Waals surface area contributed by atoms with Crippen LogP contribution in [0.1, 0.15) is 18.1 Å². The number of furan rings is 1. The number of hydrogen-bond donors (Lipinski definition) is 2. The average molecular weight is 366 g/mol. The summed E-state index contributed by atoms with van der Waals surface area (Å²) >= 11 is 0. The van der Waals surface area contributed by atoms with Crippen LogP contribution in [0.15, 0.2) is 83.9 Å². The van der Waals surface area contributed by atoms with Gasteiger partial charge in [0.15, 0.2) is 0 Å². The van der Waals surface area contributed by atoms with Gasteiger partial charge in [0.2, 0.25) is 0 Å². The van der Waals surface area contributed by atoms with E-state index in [1.165, 1.54) is 0 Å². The average Bonchev–Trinajstić information content (AvgIpc) is 3.50. The summed E-state index contributed by atoms with van der Waals surface area (Å²) in [7, 11) is 0. The summed E-state index contributed by atoms with van der Waals surface area (Å²) < 4.78 is 5.24. The molecule has 0 bridgehead atoms. The third-order valence-corrected chi connectivity index (χ3v) is 4.89. The van der Waals surface area contributed by atoms with Gasteiger partial charge in [-0.25, -0.2) is 0 Å². The summed E-state index contributed by atoms with van der Waals surface area (Å²) in [4.78, 5) is 7.82. The first-order chi connectivity index (χ1) is 13.8. The molecule has 0 spiro atoms. The molecular weight excluding hydrogens is 348 g/mol. The lowest BCUT2D eigenvalue weighted by Crippen LogP contribution is -1.83. The zero-order chi connectivity index (χ0) is 18.9. The van der Waals surface area contributed by atoms with Crippen molar-refractivity contribution in [3.63, 3.8) is 0 Å². The van der Waals surface area contributed by atoms with Crippen LogP contribution in [0.3, 0.4) is 0 Å². The molecule has 136 valence electrons. The van der Waals surface area contributed by atoms with Gasteiger partial charge >= 0.3 is 0 Å². The Kier molecular flexibility index (Phi) is 3.91. The maximum Gasteiger partial charge on any atom is 0.116 e. The largest absolute Gasteiger partial charge is 0.472 e. The lowest BCUT2D eigenvalue weighted by atomic mass is 10.0. The van der Waals surface area contributed by atoms with E-state index in [1.54, 1.807) is 12.5 Å². The number of rotatable bonds is 4. The number of aromatic nitrogens is 4. The second kappa shape index (κ2) is 6.70. The van der Waals surface area contributed by atoms with Crippen molar-refractivity contribution < 1.29 is 4.42 Å². The fourth-order valence-electron chi connectivity index (χ4n) is 3.52. The van der Waals surface area contributed by atoms with Gasteiger partial charge in [0.25, 0.3) is 0 Å². The van der Waals surface area contributed by atoms with Crippen LogP contribution >= 0.6 is 0 Å². The van der Waals surface area contributed by atoms with Crippen molar-refractivity contribution in [1.82, 2.24) is 20.2 Å².